The molecule has 0 aliphatic rings. The van der Waals surface area contributed by atoms with Crippen LogP contribution in [0.15, 0.2) is 42.5 Å². The van der Waals surface area contributed by atoms with Crippen molar-refractivity contribution in [3.63, 3.8) is 0 Å². The molecule has 5 heteroatoms. The third kappa shape index (κ3) is 4.83. The summed E-state index contributed by atoms with van der Waals surface area (Å²) in [6.45, 7) is 5.87. The summed E-state index contributed by atoms with van der Waals surface area (Å²) in [4.78, 5) is 23.9. The number of amides is 1. The van der Waals surface area contributed by atoms with Crippen molar-refractivity contribution in [2.45, 2.75) is 33.3 Å². The standard InChI is InChI=1S/C20H23NO4/c1-5-17(25-18-11-6-13(2)12-14(18)3)19(22)21-16-9-7-15(8-10-16)20(23)24-4/h6-12,17H,5H2,1-4H3,(H,21,22)/t17-/m1/s1. The highest BCUT2D eigenvalue weighted by molar-refractivity contribution is 5.95. The number of aryl methyl sites for hydroxylation is 2. The zero-order chi connectivity index (χ0) is 18.4. The van der Waals surface area contributed by atoms with E-state index in [0.29, 0.717) is 23.4 Å². The van der Waals surface area contributed by atoms with Crippen molar-refractivity contribution in [1.82, 2.24) is 0 Å². The predicted molar refractivity (Wildman–Crippen MR) is 97.0 cm³/mol. The van der Waals surface area contributed by atoms with Crippen LogP contribution in [0.2, 0.25) is 0 Å². The van der Waals surface area contributed by atoms with Crippen molar-refractivity contribution in [2.24, 2.45) is 0 Å². The summed E-state index contributed by atoms with van der Waals surface area (Å²) in [5.41, 5.74) is 3.17. The van der Waals surface area contributed by atoms with Gasteiger partial charge in [0.15, 0.2) is 6.10 Å². The molecule has 1 atom stereocenters. The molecule has 0 bridgehead atoms. The highest BCUT2D eigenvalue weighted by atomic mass is 16.5. The molecule has 5 nitrogen and oxygen atoms in total. The highest BCUT2D eigenvalue weighted by Gasteiger charge is 2.19. The Bertz CT molecular complexity index is 753. The van der Waals surface area contributed by atoms with Crippen molar-refractivity contribution < 1.29 is 19.1 Å². The van der Waals surface area contributed by atoms with Crippen molar-refractivity contribution in [3.05, 3.63) is 59.2 Å². The lowest BCUT2D eigenvalue weighted by atomic mass is 10.1. The molecular weight excluding hydrogens is 318 g/mol. The fourth-order valence-corrected chi connectivity index (χ4v) is 2.44. The van der Waals surface area contributed by atoms with Gasteiger partial charge < -0.3 is 14.8 Å². The minimum atomic E-state index is -0.596. The van der Waals surface area contributed by atoms with E-state index < -0.39 is 12.1 Å². The summed E-state index contributed by atoms with van der Waals surface area (Å²) < 4.78 is 10.5. The Labute approximate surface area is 148 Å². The molecule has 2 aromatic carbocycles. The van der Waals surface area contributed by atoms with Crippen LogP contribution in [0.25, 0.3) is 0 Å². The lowest BCUT2D eigenvalue weighted by Crippen LogP contribution is -2.32. The minimum Gasteiger partial charge on any atom is -0.480 e. The molecule has 0 radical (unpaired) electrons. The van der Waals surface area contributed by atoms with Gasteiger partial charge in [0.05, 0.1) is 12.7 Å². The summed E-state index contributed by atoms with van der Waals surface area (Å²) >= 11 is 0. The maximum atomic E-state index is 12.5. The van der Waals surface area contributed by atoms with Gasteiger partial charge in [0.1, 0.15) is 5.75 Å². The van der Waals surface area contributed by atoms with E-state index in [1.165, 1.54) is 7.11 Å². The Morgan fingerprint density at radius 3 is 2.32 bits per heavy atom. The predicted octanol–water partition coefficient (Wildman–Crippen LogP) is 3.89. The zero-order valence-corrected chi connectivity index (χ0v) is 15.0. The fraction of sp³-hybridized carbons (Fsp3) is 0.300. The van der Waals surface area contributed by atoms with Gasteiger partial charge in [0.2, 0.25) is 0 Å². The molecule has 2 rings (SSSR count). The zero-order valence-electron chi connectivity index (χ0n) is 15.0. The molecule has 1 N–H and O–H groups in total. The average Bonchev–Trinajstić information content (AvgIpc) is 2.61. The number of rotatable bonds is 6. The lowest BCUT2D eigenvalue weighted by molar-refractivity contribution is -0.122. The Hall–Kier alpha value is -2.82. The average molecular weight is 341 g/mol. The van der Waals surface area contributed by atoms with Gasteiger partial charge in [-0.15, -0.1) is 0 Å². The van der Waals surface area contributed by atoms with Crippen LogP contribution in [-0.2, 0) is 9.53 Å². The summed E-state index contributed by atoms with van der Waals surface area (Å²) in [5, 5.41) is 2.81. The number of nitrogens with one attached hydrogen (secondary N) is 1. The molecule has 0 heterocycles. The van der Waals surface area contributed by atoms with Gasteiger partial charge in [-0.2, -0.15) is 0 Å². The Balaban J connectivity index is 2.05. The number of carbonyl (C=O) groups excluding carboxylic acids is 2. The van der Waals surface area contributed by atoms with Gasteiger partial charge in [-0.3, -0.25) is 4.79 Å². The van der Waals surface area contributed by atoms with Crippen LogP contribution in [0, 0.1) is 13.8 Å². The molecule has 0 aliphatic heterocycles. The quantitative estimate of drug-likeness (QED) is 0.810. The van der Waals surface area contributed by atoms with Crippen LogP contribution in [0.4, 0.5) is 5.69 Å². The third-order valence-electron chi connectivity index (χ3n) is 3.84. The summed E-state index contributed by atoms with van der Waals surface area (Å²) in [6.07, 6.45) is -0.0546. The summed E-state index contributed by atoms with van der Waals surface area (Å²) in [5.74, 6) is 0.0597. The van der Waals surface area contributed by atoms with E-state index in [0.717, 1.165) is 11.1 Å². The van der Waals surface area contributed by atoms with Crippen molar-refractivity contribution in [3.8, 4) is 5.75 Å². The van der Waals surface area contributed by atoms with Crippen molar-refractivity contribution >= 4 is 17.6 Å². The number of anilines is 1. The number of hydrogen-bond donors (Lipinski definition) is 1. The molecule has 132 valence electrons. The second-order valence-corrected chi connectivity index (χ2v) is 5.84. The maximum Gasteiger partial charge on any atom is 0.337 e. The number of esters is 1. The van der Waals surface area contributed by atoms with Gasteiger partial charge in [0.25, 0.3) is 5.91 Å². The van der Waals surface area contributed by atoms with Gasteiger partial charge in [-0.05, 0) is 56.2 Å². The Morgan fingerprint density at radius 1 is 1.08 bits per heavy atom. The molecule has 0 aromatic heterocycles. The summed E-state index contributed by atoms with van der Waals surface area (Å²) in [7, 11) is 1.33. The summed E-state index contributed by atoms with van der Waals surface area (Å²) in [6, 6.07) is 12.4. The first-order valence-electron chi connectivity index (χ1n) is 8.17. The van der Waals surface area contributed by atoms with Crippen LogP contribution in [0.3, 0.4) is 0 Å². The highest BCUT2D eigenvalue weighted by Crippen LogP contribution is 2.21. The Kier molecular flexibility index (Phi) is 6.17. The van der Waals surface area contributed by atoms with Gasteiger partial charge in [-0.1, -0.05) is 24.6 Å². The Morgan fingerprint density at radius 2 is 1.76 bits per heavy atom. The molecule has 0 aliphatic carbocycles. The second-order valence-electron chi connectivity index (χ2n) is 5.84. The fourth-order valence-electron chi connectivity index (χ4n) is 2.44. The van der Waals surface area contributed by atoms with E-state index in [2.05, 4.69) is 10.1 Å². The first kappa shape index (κ1) is 18.5. The molecule has 0 unspecified atom stereocenters. The van der Waals surface area contributed by atoms with E-state index in [4.69, 9.17) is 4.74 Å². The van der Waals surface area contributed by atoms with E-state index in [1.807, 2.05) is 39.0 Å². The van der Waals surface area contributed by atoms with E-state index in [1.54, 1.807) is 24.3 Å². The number of methoxy groups -OCH3 is 1. The van der Waals surface area contributed by atoms with Gasteiger partial charge >= 0.3 is 5.97 Å². The van der Waals surface area contributed by atoms with Crippen LogP contribution in [0.1, 0.15) is 34.8 Å². The number of ether oxygens (including phenoxy) is 2. The number of hydrogen-bond acceptors (Lipinski definition) is 4. The molecule has 0 saturated heterocycles. The van der Waals surface area contributed by atoms with Gasteiger partial charge in [0, 0.05) is 5.69 Å². The molecule has 0 saturated carbocycles. The van der Waals surface area contributed by atoms with Crippen LogP contribution >= 0.6 is 0 Å². The van der Waals surface area contributed by atoms with Crippen LogP contribution < -0.4 is 10.1 Å². The third-order valence-corrected chi connectivity index (χ3v) is 3.84. The minimum absolute atomic E-state index is 0.228. The largest absolute Gasteiger partial charge is 0.480 e. The number of benzene rings is 2. The van der Waals surface area contributed by atoms with Gasteiger partial charge in [-0.25, -0.2) is 4.79 Å². The van der Waals surface area contributed by atoms with E-state index >= 15 is 0 Å². The van der Waals surface area contributed by atoms with Crippen LogP contribution in [0.5, 0.6) is 5.75 Å². The second kappa shape index (κ2) is 8.33. The van der Waals surface area contributed by atoms with E-state index in [9.17, 15) is 9.59 Å². The first-order chi connectivity index (χ1) is 11.9. The monoisotopic (exact) mass is 341 g/mol. The molecule has 25 heavy (non-hydrogen) atoms. The van der Waals surface area contributed by atoms with Crippen LogP contribution in [-0.4, -0.2) is 25.1 Å². The normalized spacial score (nSPS) is 11.5. The molecular formula is C20H23NO4. The number of carbonyl (C=O) groups is 2. The van der Waals surface area contributed by atoms with Crippen molar-refractivity contribution in [1.29, 1.82) is 0 Å². The van der Waals surface area contributed by atoms with E-state index in [-0.39, 0.29) is 5.91 Å². The molecule has 2 aromatic rings. The SMILES string of the molecule is CC[C@@H](Oc1ccc(C)cc1C)C(=O)Nc1ccc(C(=O)OC)cc1. The first-order valence-corrected chi connectivity index (χ1v) is 8.17. The molecule has 0 fully saturated rings. The maximum absolute atomic E-state index is 12.5. The molecule has 1 amide bonds. The molecule has 0 spiro atoms. The topological polar surface area (TPSA) is 64.6 Å². The lowest BCUT2D eigenvalue weighted by Gasteiger charge is -2.19. The van der Waals surface area contributed by atoms with Crippen molar-refractivity contribution in [2.75, 3.05) is 12.4 Å². The smallest absolute Gasteiger partial charge is 0.337 e.